The largest absolute Gasteiger partial charge is 0.333 e. The van der Waals surface area contributed by atoms with E-state index in [0.29, 0.717) is 0 Å². The van der Waals surface area contributed by atoms with Gasteiger partial charge in [0.2, 0.25) is 0 Å². The molecule has 0 bridgehead atoms. The molecule has 0 atom stereocenters. The number of halogens is 1. The van der Waals surface area contributed by atoms with E-state index in [0.717, 1.165) is 28.7 Å². The summed E-state index contributed by atoms with van der Waals surface area (Å²) in [5.41, 5.74) is 0.892. The van der Waals surface area contributed by atoms with Gasteiger partial charge in [-0.1, -0.05) is 61.3 Å². The van der Waals surface area contributed by atoms with E-state index in [2.05, 4.69) is 11.9 Å². The summed E-state index contributed by atoms with van der Waals surface area (Å²) in [5.74, 6) is 0. The van der Waals surface area contributed by atoms with Crippen molar-refractivity contribution in [2.45, 2.75) is 37.6 Å². The van der Waals surface area contributed by atoms with Crippen LogP contribution in [0, 0.1) is 0 Å². The average Bonchev–Trinajstić information content (AvgIpc) is 2.69. The Morgan fingerprint density at radius 3 is 2.68 bits per heavy atom. The van der Waals surface area contributed by atoms with Crippen molar-refractivity contribution in [1.82, 2.24) is 0 Å². The Balaban J connectivity index is 1.81. The highest BCUT2D eigenvalue weighted by molar-refractivity contribution is 8.17. The molecule has 100 valence electrons. The highest BCUT2D eigenvalue weighted by Crippen LogP contribution is 2.47. The lowest BCUT2D eigenvalue weighted by Crippen LogP contribution is -2.28. The Bertz CT molecular complexity index is 533. The average molecular weight is 293 g/mol. The first-order chi connectivity index (χ1) is 9.20. The minimum Gasteiger partial charge on any atom is -0.333 e. The topological polar surface area (TPSA) is 24.4 Å². The maximum atomic E-state index is 6.17. The van der Waals surface area contributed by atoms with E-state index in [9.17, 15) is 0 Å². The molecule has 3 rings (SSSR count). The number of thioether (sulfide) groups is 1. The van der Waals surface area contributed by atoms with Crippen LogP contribution < -0.4 is 5.32 Å². The second-order valence-corrected chi connectivity index (χ2v) is 6.63. The summed E-state index contributed by atoms with van der Waals surface area (Å²) < 4.78 is 0. The van der Waals surface area contributed by atoms with Gasteiger partial charge in [0.05, 0.1) is 16.2 Å². The Morgan fingerprint density at radius 2 is 1.95 bits per heavy atom. The molecule has 1 fully saturated rings. The van der Waals surface area contributed by atoms with Crippen molar-refractivity contribution >= 4 is 34.2 Å². The second kappa shape index (κ2) is 5.22. The molecule has 0 radical (unpaired) electrons. The van der Waals surface area contributed by atoms with Gasteiger partial charge in [0.15, 0.2) is 5.17 Å². The van der Waals surface area contributed by atoms with E-state index in [4.69, 9.17) is 16.6 Å². The number of aliphatic imine (C=N–C) groups is 1. The molecule has 0 unspecified atom stereocenters. The fourth-order valence-electron chi connectivity index (χ4n) is 2.75. The van der Waals surface area contributed by atoms with Crippen LogP contribution in [-0.2, 0) is 0 Å². The number of para-hydroxylation sites is 1. The van der Waals surface area contributed by atoms with Crippen LogP contribution in [0.25, 0.3) is 0 Å². The molecule has 1 N–H and O–H groups in total. The lowest BCUT2D eigenvalue weighted by molar-refractivity contribution is 0.360. The molecule has 1 heterocycles. The molecule has 0 saturated heterocycles. The fraction of sp³-hybridized carbons (Fsp3) is 0.400. The third kappa shape index (κ3) is 2.54. The van der Waals surface area contributed by atoms with Crippen LogP contribution in [0.1, 0.15) is 32.1 Å². The predicted octanol–water partition coefficient (Wildman–Crippen LogP) is 5.07. The zero-order chi connectivity index (χ0) is 13.3. The van der Waals surface area contributed by atoms with Crippen LogP contribution in [0.5, 0.6) is 0 Å². The van der Waals surface area contributed by atoms with Gasteiger partial charge in [0.25, 0.3) is 0 Å². The van der Waals surface area contributed by atoms with Crippen molar-refractivity contribution in [1.29, 1.82) is 0 Å². The lowest BCUT2D eigenvalue weighted by atomic mass is 9.82. The maximum Gasteiger partial charge on any atom is 0.166 e. The third-order valence-corrected chi connectivity index (χ3v) is 5.19. The van der Waals surface area contributed by atoms with Gasteiger partial charge in [-0.25, -0.2) is 4.99 Å². The number of hydrogen-bond acceptors (Lipinski definition) is 3. The second-order valence-electron chi connectivity index (χ2n) is 5.14. The summed E-state index contributed by atoms with van der Waals surface area (Å²) >= 11 is 7.83. The molecule has 1 aliphatic carbocycles. The Hall–Kier alpha value is -0.930. The number of nitrogens with zero attached hydrogens (tertiary/aromatic N) is 1. The summed E-state index contributed by atoms with van der Waals surface area (Å²) in [7, 11) is 0. The molecule has 2 nitrogen and oxygen atoms in total. The Morgan fingerprint density at radius 1 is 1.21 bits per heavy atom. The van der Waals surface area contributed by atoms with Crippen LogP contribution in [-0.4, -0.2) is 10.7 Å². The minimum atomic E-state index is -0.0213. The molecule has 1 aromatic carbocycles. The molecular formula is C15H17ClN2S. The van der Waals surface area contributed by atoms with Crippen molar-refractivity contribution < 1.29 is 0 Å². The molecule has 0 amide bonds. The summed E-state index contributed by atoms with van der Waals surface area (Å²) in [6.45, 7) is 4.22. The Labute approximate surface area is 123 Å². The van der Waals surface area contributed by atoms with Gasteiger partial charge >= 0.3 is 0 Å². The first kappa shape index (κ1) is 13.1. The summed E-state index contributed by atoms with van der Waals surface area (Å²) in [4.78, 5) is 6.09. The highest BCUT2D eigenvalue weighted by Gasteiger charge is 2.40. The molecule has 1 saturated carbocycles. The van der Waals surface area contributed by atoms with Crippen molar-refractivity contribution in [2.24, 2.45) is 4.99 Å². The predicted molar refractivity (Wildman–Crippen MR) is 85.1 cm³/mol. The van der Waals surface area contributed by atoms with Crippen LogP contribution in [0.4, 0.5) is 5.69 Å². The molecule has 2 aliphatic rings. The zero-order valence-corrected chi connectivity index (χ0v) is 12.4. The first-order valence-electron chi connectivity index (χ1n) is 6.68. The number of benzene rings is 1. The van der Waals surface area contributed by atoms with E-state index in [1.807, 2.05) is 24.3 Å². The van der Waals surface area contributed by atoms with Gasteiger partial charge in [0.1, 0.15) is 0 Å². The molecule has 4 heteroatoms. The van der Waals surface area contributed by atoms with Crippen LogP contribution in [0.15, 0.2) is 40.7 Å². The van der Waals surface area contributed by atoms with Crippen LogP contribution >= 0.6 is 23.4 Å². The molecule has 1 spiro atoms. The van der Waals surface area contributed by atoms with Gasteiger partial charge < -0.3 is 5.32 Å². The molecule has 19 heavy (non-hydrogen) atoms. The van der Waals surface area contributed by atoms with Crippen molar-refractivity contribution in [3.05, 3.63) is 40.8 Å². The smallest absolute Gasteiger partial charge is 0.166 e. The van der Waals surface area contributed by atoms with Gasteiger partial charge in [0, 0.05) is 4.91 Å². The monoisotopic (exact) mass is 292 g/mol. The quantitative estimate of drug-likeness (QED) is 0.781. The van der Waals surface area contributed by atoms with Crippen molar-refractivity contribution in [3.63, 3.8) is 0 Å². The fourth-order valence-corrected chi connectivity index (χ4v) is 3.99. The SMILES string of the molecule is C=C1SC(Nc2ccccc2Cl)=NC12CCCCC2. The zero-order valence-electron chi connectivity index (χ0n) is 10.8. The number of hydrogen-bond donors (Lipinski definition) is 1. The highest BCUT2D eigenvalue weighted by atomic mass is 35.5. The number of anilines is 1. The molecule has 0 aromatic heterocycles. The number of rotatable bonds is 1. The van der Waals surface area contributed by atoms with Crippen molar-refractivity contribution in [3.8, 4) is 0 Å². The van der Waals surface area contributed by atoms with E-state index < -0.39 is 0 Å². The first-order valence-corrected chi connectivity index (χ1v) is 7.88. The molecule has 1 aromatic rings. The van der Waals surface area contributed by atoms with Crippen LogP contribution in [0.2, 0.25) is 5.02 Å². The Kier molecular flexibility index (Phi) is 3.59. The number of amidine groups is 1. The normalized spacial score (nSPS) is 21.5. The van der Waals surface area contributed by atoms with Gasteiger partial charge in [-0.15, -0.1) is 0 Å². The lowest BCUT2D eigenvalue weighted by Gasteiger charge is -2.30. The third-order valence-electron chi connectivity index (χ3n) is 3.85. The summed E-state index contributed by atoms with van der Waals surface area (Å²) in [6.07, 6.45) is 6.09. The number of nitrogens with one attached hydrogen (secondary N) is 1. The minimum absolute atomic E-state index is 0.0213. The van der Waals surface area contributed by atoms with Gasteiger partial charge in [-0.3, -0.25) is 0 Å². The van der Waals surface area contributed by atoms with E-state index in [1.54, 1.807) is 11.8 Å². The molecular weight excluding hydrogens is 276 g/mol. The van der Waals surface area contributed by atoms with Gasteiger partial charge in [-0.2, -0.15) is 0 Å². The summed E-state index contributed by atoms with van der Waals surface area (Å²) in [6, 6.07) is 7.76. The van der Waals surface area contributed by atoms with E-state index in [-0.39, 0.29) is 5.54 Å². The van der Waals surface area contributed by atoms with Gasteiger partial charge in [-0.05, 0) is 25.0 Å². The summed E-state index contributed by atoms with van der Waals surface area (Å²) in [5, 5.41) is 4.99. The standard InChI is InChI=1S/C15H17ClN2S/c1-11-15(9-5-2-6-10-15)18-14(19-11)17-13-8-4-3-7-12(13)16/h3-4,7-8H,1-2,5-6,9-10H2,(H,17,18). The van der Waals surface area contributed by atoms with Crippen LogP contribution in [0.3, 0.4) is 0 Å². The maximum absolute atomic E-state index is 6.17. The van der Waals surface area contributed by atoms with Crippen molar-refractivity contribution in [2.75, 3.05) is 5.32 Å². The van der Waals surface area contributed by atoms with E-state index in [1.165, 1.54) is 24.2 Å². The van der Waals surface area contributed by atoms with E-state index >= 15 is 0 Å². The molecule has 1 aliphatic heterocycles.